The van der Waals surface area contributed by atoms with Crippen molar-refractivity contribution in [3.63, 3.8) is 0 Å². The molecule has 1 aromatic rings. The molecule has 0 saturated carbocycles. The number of nitrogens with one attached hydrogen (secondary N) is 1. The highest BCUT2D eigenvalue weighted by Gasteiger charge is 2.19. The molecule has 1 aliphatic carbocycles. The summed E-state index contributed by atoms with van der Waals surface area (Å²) in [6.07, 6.45) is 4.20. The third-order valence-corrected chi connectivity index (χ3v) is 4.59. The van der Waals surface area contributed by atoms with Crippen LogP contribution in [0.15, 0.2) is 40.4 Å². The average molecular weight is 344 g/mol. The molecular formula is C13H14BrNO3S. The Hall–Kier alpha value is -1.14. The number of amides is 1. The van der Waals surface area contributed by atoms with Crippen LogP contribution in [0.4, 0.5) is 0 Å². The van der Waals surface area contributed by atoms with Gasteiger partial charge in [-0.05, 0) is 37.0 Å². The van der Waals surface area contributed by atoms with E-state index in [-0.39, 0.29) is 5.75 Å². The average Bonchev–Trinajstić information content (AvgIpc) is 2.85. The Morgan fingerprint density at radius 3 is 2.53 bits per heavy atom. The molecule has 0 aromatic heterocycles. The van der Waals surface area contributed by atoms with Crippen molar-refractivity contribution < 1.29 is 13.2 Å². The van der Waals surface area contributed by atoms with E-state index in [1.54, 1.807) is 30.3 Å². The number of halogens is 1. The summed E-state index contributed by atoms with van der Waals surface area (Å²) in [5.74, 6) is -0.686. The molecule has 6 heteroatoms. The van der Waals surface area contributed by atoms with E-state index in [0.29, 0.717) is 17.6 Å². The lowest BCUT2D eigenvalue weighted by atomic mass is 10.2. The van der Waals surface area contributed by atoms with E-state index in [0.717, 1.165) is 17.3 Å². The number of hydrogen-bond acceptors (Lipinski definition) is 3. The van der Waals surface area contributed by atoms with Crippen molar-refractivity contribution in [3.05, 3.63) is 46.0 Å². The fraction of sp³-hybridized carbons (Fsp3) is 0.308. The maximum atomic E-state index is 11.9. The molecule has 1 aromatic carbocycles. The second kappa shape index (κ2) is 5.88. The molecule has 0 unspecified atom stereocenters. The summed E-state index contributed by atoms with van der Waals surface area (Å²) < 4.78 is 26.8. The summed E-state index contributed by atoms with van der Waals surface area (Å²) in [7, 11) is -3.64. The zero-order valence-electron chi connectivity index (χ0n) is 10.2. The first-order valence-corrected chi connectivity index (χ1v) is 8.39. The molecule has 0 radical (unpaired) electrons. The Labute approximate surface area is 121 Å². The Bertz CT molecular complexity index is 605. The van der Waals surface area contributed by atoms with Crippen molar-refractivity contribution in [2.45, 2.75) is 25.0 Å². The molecule has 1 aliphatic rings. The quantitative estimate of drug-likeness (QED) is 0.913. The van der Waals surface area contributed by atoms with Gasteiger partial charge in [0.25, 0.3) is 5.91 Å². The van der Waals surface area contributed by atoms with Gasteiger partial charge in [0, 0.05) is 10.0 Å². The van der Waals surface area contributed by atoms with E-state index in [2.05, 4.69) is 20.7 Å². The van der Waals surface area contributed by atoms with Crippen molar-refractivity contribution >= 4 is 31.9 Å². The van der Waals surface area contributed by atoms with Crippen LogP contribution in [0.3, 0.4) is 0 Å². The van der Waals surface area contributed by atoms with Crippen LogP contribution in [-0.4, -0.2) is 14.3 Å². The van der Waals surface area contributed by atoms with Crippen molar-refractivity contribution in [1.29, 1.82) is 0 Å². The van der Waals surface area contributed by atoms with Crippen molar-refractivity contribution in [2.24, 2.45) is 0 Å². The van der Waals surface area contributed by atoms with Crippen LogP contribution in [0.1, 0.15) is 24.8 Å². The van der Waals surface area contributed by atoms with Gasteiger partial charge in [-0.25, -0.2) is 13.1 Å². The topological polar surface area (TPSA) is 63.2 Å². The molecule has 0 saturated heterocycles. The van der Waals surface area contributed by atoms with Gasteiger partial charge in [0.2, 0.25) is 10.0 Å². The summed E-state index contributed by atoms with van der Waals surface area (Å²) >= 11 is 3.28. The van der Waals surface area contributed by atoms with Gasteiger partial charge in [0.1, 0.15) is 0 Å². The Morgan fingerprint density at radius 2 is 1.95 bits per heavy atom. The maximum Gasteiger partial charge on any atom is 0.260 e. The van der Waals surface area contributed by atoms with Gasteiger partial charge in [0.15, 0.2) is 0 Å². The van der Waals surface area contributed by atoms with Gasteiger partial charge < -0.3 is 0 Å². The van der Waals surface area contributed by atoms with Crippen LogP contribution >= 0.6 is 15.9 Å². The second-order valence-electron chi connectivity index (χ2n) is 4.44. The van der Waals surface area contributed by atoms with E-state index in [9.17, 15) is 13.2 Å². The molecular weight excluding hydrogens is 330 g/mol. The molecule has 19 heavy (non-hydrogen) atoms. The molecule has 0 atom stereocenters. The molecule has 0 spiro atoms. The SMILES string of the molecule is O=C(NS(=O)(=O)Cc1ccc(Br)cc1)C1=CCCC1. The third-order valence-electron chi connectivity index (χ3n) is 2.85. The largest absolute Gasteiger partial charge is 0.269 e. The molecule has 0 fully saturated rings. The van der Waals surface area contributed by atoms with Crippen LogP contribution in [0, 0.1) is 0 Å². The van der Waals surface area contributed by atoms with Crippen LogP contribution < -0.4 is 4.72 Å². The van der Waals surface area contributed by atoms with E-state index in [4.69, 9.17) is 0 Å². The van der Waals surface area contributed by atoms with E-state index in [1.807, 2.05) is 0 Å². The van der Waals surface area contributed by atoms with E-state index in [1.165, 1.54) is 0 Å². The van der Waals surface area contributed by atoms with Gasteiger partial charge in [-0.2, -0.15) is 0 Å². The minimum Gasteiger partial charge on any atom is -0.269 e. The number of benzene rings is 1. The molecule has 0 aliphatic heterocycles. The molecule has 4 nitrogen and oxygen atoms in total. The predicted octanol–water partition coefficient (Wildman–Crippen LogP) is 2.51. The summed E-state index contributed by atoms with van der Waals surface area (Å²) in [5.41, 5.74) is 1.21. The van der Waals surface area contributed by atoms with Gasteiger partial charge in [0.05, 0.1) is 5.75 Å². The summed E-state index contributed by atoms with van der Waals surface area (Å²) in [5, 5.41) is 0. The fourth-order valence-corrected chi connectivity index (χ4v) is 3.30. The fourth-order valence-electron chi connectivity index (χ4n) is 1.92. The molecule has 1 amide bonds. The zero-order valence-corrected chi connectivity index (χ0v) is 12.6. The molecule has 1 N–H and O–H groups in total. The van der Waals surface area contributed by atoms with Gasteiger partial charge in [-0.3, -0.25) is 4.79 Å². The molecule has 0 bridgehead atoms. The number of sulfonamides is 1. The van der Waals surface area contributed by atoms with Crippen LogP contribution in [0.5, 0.6) is 0 Å². The third kappa shape index (κ3) is 4.18. The predicted molar refractivity (Wildman–Crippen MR) is 76.8 cm³/mol. The highest BCUT2D eigenvalue weighted by Crippen LogP contribution is 2.18. The van der Waals surface area contributed by atoms with Crippen LogP contribution in [0.25, 0.3) is 0 Å². The molecule has 2 rings (SSSR count). The highest BCUT2D eigenvalue weighted by molar-refractivity contribution is 9.10. The number of carbonyl (C=O) groups is 1. The van der Waals surface area contributed by atoms with Crippen molar-refractivity contribution in [2.75, 3.05) is 0 Å². The minimum absolute atomic E-state index is 0.195. The maximum absolute atomic E-state index is 11.9. The van der Waals surface area contributed by atoms with Gasteiger partial charge in [-0.1, -0.05) is 34.1 Å². The number of rotatable bonds is 4. The number of allylic oxidation sites excluding steroid dienone is 1. The first kappa shape index (κ1) is 14.3. The van der Waals surface area contributed by atoms with Crippen molar-refractivity contribution in [1.82, 2.24) is 4.72 Å². The number of hydrogen-bond donors (Lipinski definition) is 1. The zero-order chi connectivity index (χ0) is 13.9. The van der Waals surface area contributed by atoms with E-state index >= 15 is 0 Å². The first-order chi connectivity index (χ1) is 8.96. The lowest BCUT2D eigenvalue weighted by molar-refractivity contribution is -0.115. The van der Waals surface area contributed by atoms with Crippen LogP contribution in [-0.2, 0) is 20.6 Å². The first-order valence-electron chi connectivity index (χ1n) is 5.94. The summed E-state index contributed by atoms with van der Waals surface area (Å²) in [4.78, 5) is 11.7. The normalized spacial score (nSPS) is 15.1. The standard InChI is InChI=1S/C13H14BrNO3S/c14-12-7-5-10(6-8-12)9-19(17,18)15-13(16)11-3-1-2-4-11/h3,5-8H,1-2,4,9H2,(H,15,16). The lowest BCUT2D eigenvalue weighted by Gasteiger charge is -2.07. The second-order valence-corrected chi connectivity index (χ2v) is 7.08. The molecule has 102 valence electrons. The van der Waals surface area contributed by atoms with Gasteiger partial charge >= 0.3 is 0 Å². The lowest BCUT2D eigenvalue weighted by Crippen LogP contribution is -2.32. The Balaban J connectivity index is 2.02. The molecule has 0 heterocycles. The summed E-state index contributed by atoms with van der Waals surface area (Å²) in [6.45, 7) is 0. The monoisotopic (exact) mass is 343 g/mol. The number of carbonyl (C=O) groups excluding carboxylic acids is 1. The Kier molecular flexibility index (Phi) is 4.42. The minimum atomic E-state index is -3.64. The summed E-state index contributed by atoms with van der Waals surface area (Å²) in [6, 6.07) is 6.96. The van der Waals surface area contributed by atoms with Gasteiger partial charge in [-0.15, -0.1) is 0 Å². The van der Waals surface area contributed by atoms with Crippen LogP contribution in [0.2, 0.25) is 0 Å². The Morgan fingerprint density at radius 1 is 1.26 bits per heavy atom. The van der Waals surface area contributed by atoms with E-state index < -0.39 is 15.9 Å². The smallest absolute Gasteiger partial charge is 0.260 e. The van der Waals surface area contributed by atoms with Crippen molar-refractivity contribution in [3.8, 4) is 0 Å². The highest BCUT2D eigenvalue weighted by atomic mass is 79.9.